The van der Waals surface area contributed by atoms with E-state index in [0.29, 0.717) is 12.8 Å². The topological polar surface area (TPSA) is 82.9 Å². The van der Waals surface area contributed by atoms with Crippen LogP contribution in [0.5, 0.6) is 0 Å². The van der Waals surface area contributed by atoms with Gasteiger partial charge in [0.05, 0.1) is 12.4 Å². The van der Waals surface area contributed by atoms with Crippen molar-refractivity contribution in [2.24, 2.45) is 10.2 Å². The van der Waals surface area contributed by atoms with Crippen LogP contribution in [-0.4, -0.2) is 24.2 Å². The Labute approximate surface area is 181 Å². The highest BCUT2D eigenvalue weighted by molar-refractivity contribution is 5.87. The van der Waals surface area contributed by atoms with Gasteiger partial charge in [-0.05, 0) is 30.0 Å². The van der Waals surface area contributed by atoms with Gasteiger partial charge in [0.2, 0.25) is 11.8 Å². The molecule has 0 aliphatic heterocycles. The minimum absolute atomic E-state index is 0.0575. The number of carbonyl (C=O) groups is 2. The molecule has 2 N–H and O–H groups in total. The molecular formula is C24H38N4O2. The Bertz CT molecular complexity index is 618. The molecule has 0 fully saturated rings. The number of nitrogens with one attached hydrogen (secondary N) is 2. The van der Waals surface area contributed by atoms with E-state index < -0.39 is 0 Å². The average molecular weight is 415 g/mol. The quantitative estimate of drug-likeness (QED) is 0.218. The summed E-state index contributed by atoms with van der Waals surface area (Å²) in [6, 6.07) is 7.56. The van der Waals surface area contributed by atoms with Crippen LogP contribution in [0.4, 0.5) is 0 Å². The summed E-state index contributed by atoms with van der Waals surface area (Å²) in [5.41, 5.74) is 6.85. The summed E-state index contributed by atoms with van der Waals surface area (Å²) >= 11 is 0. The summed E-state index contributed by atoms with van der Waals surface area (Å²) in [5, 5.41) is 8.04. The van der Waals surface area contributed by atoms with Gasteiger partial charge in [-0.25, -0.2) is 10.9 Å². The smallest absolute Gasteiger partial charge is 0.240 e. The lowest BCUT2D eigenvalue weighted by Crippen LogP contribution is -2.17. The first-order chi connectivity index (χ1) is 14.7. The molecule has 0 aliphatic rings. The first-order valence-electron chi connectivity index (χ1n) is 11.4. The number of amides is 2. The molecule has 0 aliphatic carbocycles. The summed E-state index contributed by atoms with van der Waals surface area (Å²) in [5.74, 6) is -0.115. The van der Waals surface area contributed by atoms with E-state index in [2.05, 4.69) is 34.9 Å². The summed E-state index contributed by atoms with van der Waals surface area (Å²) in [6.45, 7) is 4.35. The number of hydrazone groups is 2. The lowest BCUT2D eigenvalue weighted by atomic mass is 10.1. The SMILES string of the molecule is CCCCCCCC(=O)N/N=C/c1cccc(/C=N/NC(=O)CCCCCCC)c1. The fraction of sp³-hybridized carbons (Fsp3) is 0.583. The zero-order valence-electron chi connectivity index (χ0n) is 18.7. The molecule has 1 aromatic carbocycles. The van der Waals surface area contributed by atoms with E-state index >= 15 is 0 Å². The molecule has 1 aromatic rings. The molecule has 0 heterocycles. The Hall–Kier alpha value is -2.50. The fourth-order valence-corrected chi connectivity index (χ4v) is 2.97. The van der Waals surface area contributed by atoms with E-state index in [1.165, 1.54) is 38.5 Å². The minimum atomic E-state index is -0.0575. The van der Waals surface area contributed by atoms with Gasteiger partial charge >= 0.3 is 0 Å². The van der Waals surface area contributed by atoms with Gasteiger partial charge in [0.1, 0.15) is 0 Å². The van der Waals surface area contributed by atoms with Gasteiger partial charge in [-0.15, -0.1) is 0 Å². The zero-order valence-corrected chi connectivity index (χ0v) is 18.7. The summed E-state index contributed by atoms with van der Waals surface area (Å²) in [4.78, 5) is 23.6. The molecule has 6 nitrogen and oxygen atoms in total. The van der Waals surface area contributed by atoms with Crippen molar-refractivity contribution in [1.82, 2.24) is 10.9 Å². The summed E-state index contributed by atoms with van der Waals surface area (Å²) in [6.07, 6.45) is 15.4. The predicted molar refractivity (Wildman–Crippen MR) is 125 cm³/mol. The van der Waals surface area contributed by atoms with E-state index in [9.17, 15) is 9.59 Å². The molecule has 2 amide bonds. The monoisotopic (exact) mass is 414 g/mol. The van der Waals surface area contributed by atoms with Crippen LogP contribution >= 0.6 is 0 Å². The zero-order chi connectivity index (χ0) is 21.9. The number of rotatable bonds is 16. The minimum Gasteiger partial charge on any atom is -0.273 e. The van der Waals surface area contributed by atoms with Gasteiger partial charge in [0.15, 0.2) is 0 Å². The van der Waals surface area contributed by atoms with E-state index in [1.54, 1.807) is 12.4 Å². The molecule has 0 radical (unpaired) electrons. The molecule has 166 valence electrons. The Morgan fingerprint density at radius 3 is 1.60 bits per heavy atom. The van der Waals surface area contributed by atoms with Crippen LogP contribution in [0.1, 0.15) is 102 Å². The second kappa shape index (κ2) is 17.4. The number of benzene rings is 1. The standard InChI is InChI=1S/C24H38N4O2/c1-3-5-7-9-11-16-23(29)27-25-19-21-14-13-15-22(18-21)20-26-28-24(30)17-12-10-8-6-4-2/h13-15,18-20H,3-12,16-17H2,1-2H3,(H,27,29)(H,28,30)/b25-19+,26-20+. The third kappa shape index (κ3) is 13.6. The van der Waals surface area contributed by atoms with Crippen molar-refractivity contribution >= 4 is 24.2 Å². The average Bonchev–Trinajstić information content (AvgIpc) is 2.74. The van der Waals surface area contributed by atoms with Crippen molar-refractivity contribution in [1.29, 1.82) is 0 Å². The van der Waals surface area contributed by atoms with Crippen molar-refractivity contribution in [3.05, 3.63) is 35.4 Å². The molecule has 6 heteroatoms. The van der Waals surface area contributed by atoms with Crippen LogP contribution in [0, 0.1) is 0 Å². The maximum atomic E-state index is 11.8. The number of hydrogen-bond donors (Lipinski definition) is 2. The van der Waals surface area contributed by atoms with Gasteiger partial charge in [0, 0.05) is 12.8 Å². The van der Waals surface area contributed by atoms with Gasteiger partial charge in [-0.2, -0.15) is 10.2 Å². The van der Waals surface area contributed by atoms with Gasteiger partial charge in [-0.1, -0.05) is 83.4 Å². The fourth-order valence-electron chi connectivity index (χ4n) is 2.97. The van der Waals surface area contributed by atoms with Crippen LogP contribution in [0.15, 0.2) is 34.5 Å². The maximum absolute atomic E-state index is 11.8. The van der Waals surface area contributed by atoms with Gasteiger partial charge in [-0.3, -0.25) is 9.59 Å². The second-order valence-electron chi connectivity index (χ2n) is 7.58. The lowest BCUT2D eigenvalue weighted by Gasteiger charge is -2.01. The highest BCUT2D eigenvalue weighted by Crippen LogP contribution is 2.06. The largest absolute Gasteiger partial charge is 0.273 e. The van der Waals surface area contributed by atoms with E-state index in [0.717, 1.165) is 36.8 Å². The van der Waals surface area contributed by atoms with Crippen LogP contribution in [-0.2, 0) is 9.59 Å². The van der Waals surface area contributed by atoms with E-state index in [4.69, 9.17) is 0 Å². The third-order valence-electron chi connectivity index (χ3n) is 4.73. The van der Waals surface area contributed by atoms with E-state index in [-0.39, 0.29) is 11.8 Å². The van der Waals surface area contributed by atoms with Crippen LogP contribution < -0.4 is 10.9 Å². The third-order valence-corrected chi connectivity index (χ3v) is 4.73. The van der Waals surface area contributed by atoms with Crippen molar-refractivity contribution in [2.75, 3.05) is 0 Å². The lowest BCUT2D eigenvalue weighted by molar-refractivity contribution is -0.122. The Morgan fingerprint density at radius 1 is 0.733 bits per heavy atom. The van der Waals surface area contributed by atoms with Crippen molar-refractivity contribution in [3.8, 4) is 0 Å². The first kappa shape index (κ1) is 25.5. The van der Waals surface area contributed by atoms with E-state index in [1.807, 2.05) is 24.3 Å². The predicted octanol–water partition coefficient (Wildman–Crippen LogP) is 5.31. The molecular weight excluding hydrogens is 376 g/mol. The molecule has 30 heavy (non-hydrogen) atoms. The molecule has 0 aromatic heterocycles. The summed E-state index contributed by atoms with van der Waals surface area (Å²) < 4.78 is 0. The highest BCUT2D eigenvalue weighted by atomic mass is 16.2. The highest BCUT2D eigenvalue weighted by Gasteiger charge is 2.00. The molecule has 0 unspecified atom stereocenters. The normalized spacial score (nSPS) is 11.3. The molecule has 0 saturated heterocycles. The maximum Gasteiger partial charge on any atom is 0.240 e. The van der Waals surface area contributed by atoms with Crippen molar-refractivity contribution in [2.45, 2.75) is 90.9 Å². The second-order valence-corrected chi connectivity index (χ2v) is 7.58. The number of unbranched alkanes of at least 4 members (excludes halogenated alkanes) is 8. The molecule has 0 bridgehead atoms. The van der Waals surface area contributed by atoms with Gasteiger partial charge in [0.25, 0.3) is 0 Å². The number of carbonyl (C=O) groups excluding carboxylic acids is 2. The number of hydrogen-bond acceptors (Lipinski definition) is 4. The summed E-state index contributed by atoms with van der Waals surface area (Å²) in [7, 11) is 0. The van der Waals surface area contributed by atoms with Crippen LogP contribution in [0.25, 0.3) is 0 Å². The Balaban J connectivity index is 2.31. The molecule has 0 atom stereocenters. The molecule has 0 spiro atoms. The van der Waals surface area contributed by atoms with Gasteiger partial charge < -0.3 is 0 Å². The first-order valence-corrected chi connectivity index (χ1v) is 11.4. The number of nitrogens with zero attached hydrogens (tertiary/aromatic N) is 2. The molecule has 0 saturated carbocycles. The van der Waals surface area contributed by atoms with Crippen molar-refractivity contribution < 1.29 is 9.59 Å². The Morgan fingerprint density at radius 2 is 1.17 bits per heavy atom. The Kier molecular flexibility index (Phi) is 14.8. The van der Waals surface area contributed by atoms with Crippen LogP contribution in [0.2, 0.25) is 0 Å². The van der Waals surface area contributed by atoms with Crippen molar-refractivity contribution in [3.63, 3.8) is 0 Å². The molecule has 1 rings (SSSR count). The van der Waals surface area contributed by atoms with Crippen LogP contribution in [0.3, 0.4) is 0 Å².